The van der Waals surface area contributed by atoms with Gasteiger partial charge < -0.3 is 5.73 Å². The van der Waals surface area contributed by atoms with Crippen LogP contribution in [0.5, 0.6) is 0 Å². The van der Waals surface area contributed by atoms with E-state index in [4.69, 9.17) is 17.3 Å². The van der Waals surface area contributed by atoms with Gasteiger partial charge in [0.05, 0.1) is 0 Å². The number of benzene rings is 2. The van der Waals surface area contributed by atoms with Gasteiger partial charge in [0.15, 0.2) is 0 Å². The number of halogens is 1. The minimum Gasteiger partial charge on any atom is -0.398 e. The third-order valence-corrected chi connectivity index (χ3v) is 3.95. The van der Waals surface area contributed by atoms with Crippen molar-refractivity contribution in [2.75, 3.05) is 5.73 Å². The van der Waals surface area contributed by atoms with Crippen molar-refractivity contribution in [1.82, 2.24) is 0 Å². The van der Waals surface area contributed by atoms with Crippen LogP contribution in [0.15, 0.2) is 47.4 Å². The Morgan fingerprint density at radius 1 is 1.18 bits per heavy atom. The van der Waals surface area contributed by atoms with E-state index in [1.165, 1.54) is 5.56 Å². The lowest BCUT2D eigenvalue weighted by Crippen LogP contribution is -1.92. The molecule has 0 amide bonds. The Balaban J connectivity index is 2.10. The number of anilines is 1. The van der Waals surface area contributed by atoms with Crippen LogP contribution in [-0.2, 0) is 5.75 Å². The van der Waals surface area contributed by atoms with Crippen molar-refractivity contribution in [3.8, 4) is 0 Å². The largest absolute Gasteiger partial charge is 0.398 e. The smallest absolute Gasteiger partial charge is 0.0482 e. The van der Waals surface area contributed by atoms with E-state index in [2.05, 4.69) is 12.1 Å². The Bertz CT molecular complexity index is 525. The summed E-state index contributed by atoms with van der Waals surface area (Å²) in [6.07, 6.45) is 0. The molecule has 0 aromatic heterocycles. The Labute approximate surface area is 111 Å². The van der Waals surface area contributed by atoms with Crippen molar-refractivity contribution in [1.29, 1.82) is 0 Å². The molecule has 1 nitrogen and oxygen atoms in total. The molecule has 0 unspecified atom stereocenters. The van der Waals surface area contributed by atoms with Gasteiger partial charge in [-0.05, 0) is 36.2 Å². The average Bonchev–Trinajstić information content (AvgIpc) is 2.31. The first kappa shape index (κ1) is 12.3. The maximum absolute atomic E-state index is 6.03. The summed E-state index contributed by atoms with van der Waals surface area (Å²) in [6, 6.07) is 14.0. The molecule has 0 heterocycles. The van der Waals surface area contributed by atoms with Gasteiger partial charge in [-0.15, -0.1) is 11.8 Å². The lowest BCUT2D eigenvalue weighted by atomic mass is 10.2. The minimum atomic E-state index is 0.778. The zero-order valence-electron chi connectivity index (χ0n) is 9.61. The lowest BCUT2D eigenvalue weighted by molar-refractivity contribution is 1.34. The highest BCUT2D eigenvalue weighted by atomic mass is 35.5. The third-order valence-electron chi connectivity index (χ3n) is 2.57. The maximum Gasteiger partial charge on any atom is 0.0482 e. The third kappa shape index (κ3) is 3.18. The lowest BCUT2D eigenvalue weighted by Gasteiger charge is -2.07. The van der Waals surface area contributed by atoms with Crippen LogP contribution >= 0.6 is 23.4 Å². The van der Waals surface area contributed by atoms with Crippen LogP contribution in [-0.4, -0.2) is 0 Å². The molecule has 0 saturated carbocycles. The maximum atomic E-state index is 6.03. The van der Waals surface area contributed by atoms with Crippen molar-refractivity contribution < 1.29 is 0 Å². The number of rotatable bonds is 3. The predicted octanol–water partition coefficient (Wildman–Crippen LogP) is 4.52. The number of nitrogens with two attached hydrogens (primary N) is 1. The minimum absolute atomic E-state index is 0.778. The Morgan fingerprint density at radius 3 is 2.71 bits per heavy atom. The van der Waals surface area contributed by atoms with Gasteiger partial charge in [0.25, 0.3) is 0 Å². The standard InChI is InChI=1S/C14H14ClNS/c1-10-4-2-7-13(14(10)16)17-9-11-5-3-6-12(15)8-11/h2-8H,9,16H2,1H3. The second kappa shape index (κ2) is 5.48. The molecule has 2 aromatic rings. The van der Waals surface area contributed by atoms with Crippen LogP contribution in [0.3, 0.4) is 0 Å². The fourth-order valence-corrected chi connectivity index (χ4v) is 2.77. The summed E-state index contributed by atoms with van der Waals surface area (Å²) in [4.78, 5) is 1.13. The number of aryl methyl sites for hydroxylation is 1. The molecular weight excluding hydrogens is 250 g/mol. The van der Waals surface area contributed by atoms with E-state index in [1.807, 2.05) is 37.3 Å². The van der Waals surface area contributed by atoms with E-state index in [9.17, 15) is 0 Å². The first-order chi connectivity index (χ1) is 8.16. The molecule has 0 aliphatic carbocycles. The van der Waals surface area contributed by atoms with Gasteiger partial charge >= 0.3 is 0 Å². The molecule has 3 heteroatoms. The summed E-state index contributed by atoms with van der Waals surface area (Å²) in [5, 5.41) is 0.778. The summed E-state index contributed by atoms with van der Waals surface area (Å²) >= 11 is 7.69. The molecule has 0 atom stereocenters. The highest BCUT2D eigenvalue weighted by Crippen LogP contribution is 2.30. The van der Waals surface area contributed by atoms with Crippen molar-refractivity contribution >= 4 is 29.1 Å². The van der Waals surface area contributed by atoms with E-state index >= 15 is 0 Å². The van der Waals surface area contributed by atoms with E-state index in [0.29, 0.717) is 0 Å². The van der Waals surface area contributed by atoms with Crippen molar-refractivity contribution in [3.05, 3.63) is 58.6 Å². The first-order valence-electron chi connectivity index (χ1n) is 5.39. The van der Waals surface area contributed by atoms with Crippen molar-refractivity contribution in [2.24, 2.45) is 0 Å². The SMILES string of the molecule is Cc1cccc(SCc2cccc(Cl)c2)c1N. The quantitative estimate of drug-likeness (QED) is 0.651. The number of nitrogen functional groups attached to an aromatic ring is 1. The molecule has 0 bridgehead atoms. The molecular formula is C14H14ClNS. The molecule has 0 aliphatic rings. The molecule has 2 aromatic carbocycles. The predicted molar refractivity (Wildman–Crippen MR) is 76.6 cm³/mol. The van der Waals surface area contributed by atoms with Gasteiger partial charge in [0.1, 0.15) is 0 Å². The van der Waals surface area contributed by atoms with Gasteiger partial charge in [-0.2, -0.15) is 0 Å². The Kier molecular flexibility index (Phi) is 3.97. The van der Waals surface area contributed by atoms with Gasteiger partial charge in [-0.1, -0.05) is 35.9 Å². The van der Waals surface area contributed by atoms with Gasteiger partial charge in [0, 0.05) is 21.4 Å². The van der Waals surface area contributed by atoms with E-state index in [1.54, 1.807) is 11.8 Å². The summed E-state index contributed by atoms with van der Waals surface area (Å²) in [7, 11) is 0. The molecule has 0 aliphatic heterocycles. The fraction of sp³-hybridized carbons (Fsp3) is 0.143. The van der Waals surface area contributed by atoms with Gasteiger partial charge in [-0.3, -0.25) is 0 Å². The van der Waals surface area contributed by atoms with Crippen molar-refractivity contribution in [3.63, 3.8) is 0 Å². The zero-order valence-corrected chi connectivity index (χ0v) is 11.2. The van der Waals surface area contributed by atoms with E-state index in [-0.39, 0.29) is 0 Å². The van der Waals surface area contributed by atoms with Crippen LogP contribution in [0.1, 0.15) is 11.1 Å². The second-order valence-corrected chi connectivity index (χ2v) is 5.36. The van der Waals surface area contributed by atoms with Crippen LogP contribution in [0.4, 0.5) is 5.69 Å². The van der Waals surface area contributed by atoms with Crippen LogP contribution in [0.25, 0.3) is 0 Å². The summed E-state index contributed by atoms with van der Waals surface area (Å²) in [6.45, 7) is 2.03. The van der Waals surface area contributed by atoms with E-state index in [0.717, 1.165) is 26.9 Å². The molecule has 88 valence electrons. The highest BCUT2D eigenvalue weighted by molar-refractivity contribution is 7.98. The molecule has 2 N–H and O–H groups in total. The topological polar surface area (TPSA) is 26.0 Å². The Morgan fingerprint density at radius 2 is 1.94 bits per heavy atom. The fourth-order valence-electron chi connectivity index (χ4n) is 1.57. The normalized spacial score (nSPS) is 10.5. The van der Waals surface area contributed by atoms with Crippen LogP contribution < -0.4 is 5.73 Å². The summed E-state index contributed by atoms with van der Waals surface area (Å²) in [5.74, 6) is 0.883. The number of para-hydroxylation sites is 1. The average molecular weight is 264 g/mol. The molecule has 0 saturated heterocycles. The van der Waals surface area contributed by atoms with Gasteiger partial charge in [-0.25, -0.2) is 0 Å². The van der Waals surface area contributed by atoms with Crippen molar-refractivity contribution in [2.45, 2.75) is 17.6 Å². The van der Waals surface area contributed by atoms with Crippen LogP contribution in [0, 0.1) is 6.92 Å². The number of hydrogen-bond acceptors (Lipinski definition) is 2. The molecule has 17 heavy (non-hydrogen) atoms. The van der Waals surface area contributed by atoms with E-state index < -0.39 is 0 Å². The number of thioether (sulfide) groups is 1. The molecule has 2 rings (SSSR count). The highest BCUT2D eigenvalue weighted by Gasteiger charge is 2.03. The monoisotopic (exact) mass is 263 g/mol. The summed E-state index contributed by atoms with van der Waals surface area (Å²) in [5.41, 5.74) is 9.24. The number of hydrogen-bond donors (Lipinski definition) is 1. The second-order valence-electron chi connectivity index (χ2n) is 3.91. The molecule has 0 fully saturated rings. The van der Waals surface area contributed by atoms with Gasteiger partial charge in [0.2, 0.25) is 0 Å². The molecule has 0 spiro atoms. The first-order valence-corrected chi connectivity index (χ1v) is 6.75. The Hall–Kier alpha value is -1.12. The van der Waals surface area contributed by atoms with Crippen LogP contribution in [0.2, 0.25) is 5.02 Å². The summed E-state index contributed by atoms with van der Waals surface area (Å²) < 4.78 is 0. The molecule has 0 radical (unpaired) electrons. The zero-order chi connectivity index (χ0) is 12.3.